The van der Waals surface area contributed by atoms with E-state index in [1.54, 1.807) is 0 Å². The standard InChI is InChI=1S/C20H17FN4O3S/c1-28-18(26)16-15(10-29-20-23-13-4-2-3-5-14(13)24-20)22-19(27)25-17(16)11-6-8-12(21)9-7-11/h2-9,17H,10H2,1H3,(H,23,24)(H2,22,25,27)/t17-/m0/s1. The third-order valence-corrected chi connectivity index (χ3v) is 5.38. The summed E-state index contributed by atoms with van der Waals surface area (Å²) in [5.41, 5.74) is 2.99. The fourth-order valence-corrected chi connectivity index (χ4v) is 3.98. The van der Waals surface area contributed by atoms with E-state index in [1.165, 1.54) is 43.1 Å². The van der Waals surface area contributed by atoms with Gasteiger partial charge < -0.3 is 20.4 Å². The van der Waals surface area contributed by atoms with Gasteiger partial charge in [0.15, 0.2) is 5.16 Å². The number of carbonyl (C=O) groups excluding carboxylic acids is 2. The Balaban J connectivity index is 1.66. The molecule has 148 valence electrons. The van der Waals surface area contributed by atoms with Crippen LogP contribution in [0.25, 0.3) is 11.0 Å². The second-order valence-electron chi connectivity index (χ2n) is 6.31. The Bertz CT molecular complexity index is 1080. The molecule has 29 heavy (non-hydrogen) atoms. The summed E-state index contributed by atoms with van der Waals surface area (Å²) in [5.74, 6) is -0.694. The summed E-state index contributed by atoms with van der Waals surface area (Å²) in [6.45, 7) is 0. The van der Waals surface area contributed by atoms with Gasteiger partial charge in [-0.1, -0.05) is 36.0 Å². The number of thioether (sulfide) groups is 1. The number of benzene rings is 2. The van der Waals surface area contributed by atoms with Crippen molar-refractivity contribution in [2.75, 3.05) is 12.9 Å². The molecular weight excluding hydrogens is 395 g/mol. The van der Waals surface area contributed by atoms with Crippen LogP contribution in [0.1, 0.15) is 11.6 Å². The van der Waals surface area contributed by atoms with E-state index in [0.717, 1.165) is 11.0 Å². The van der Waals surface area contributed by atoms with Gasteiger partial charge in [-0.3, -0.25) is 0 Å². The van der Waals surface area contributed by atoms with Gasteiger partial charge in [0.2, 0.25) is 0 Å². The number of aromatic nitrogens is 2. The highest BCUT2D eigenvalue weighted by molar-refractivity contribution is 7.99. The monoisotopic (exact) mass is 412 g/mol. The topological polar surface area (TPSA) is 96.1 Å². The number of H-pyrrole nitrogens is 1. The largest absolute Gasteiger partial charge is 0.466 e. The van der Waals surface area contributed by atoms with Crippen molar-refractivity contribution >= 4 is 34.8 Å². The molecule has 1 aromatic heterocycles. The molecule has 3 N–H and O–H groups in total. The number of halogens is 1. The van der Waals surface area contributed by atoms with E-state index in [-0.39, 0.29) is 11.3 Å². The normalized spacial score (nSPS) is 16.5. The highest BCUT2D eigenvalue weighted by Gasteiger charge is 2.33. The minimum Gasteiger partial charge on any atom is -0.466 e. The lowest BCUT2D eigenvalue weighted by Gasteiger charge is -2.29. The third kappa shape index (κ3) is 3.95. The molecule has 2 heterocycles. The number of aromatic amines is 1. The van der Waals surface area contributed by atoms with Crippen LogP contribution in [0.4, 0.5) is 9.18 Å². The maximum Gasteiger partial charge on any atom is 0.338 e. The number of hydrogen-bond acceptors (Lipinski definition) is 5. The van der Waals surface area contributed by atoms with Crippen molar-refractivity contribution in [1.29, 1.82) is 0 Å². The van der Waals surface area contributed by atoms with Crippen LogP contribution in [0, 0.1) is 5.82 Å². The molecule has 9 heteroatoms. The van der Waals surface area contributed by atoms with Gasteiger partial charge in [-0.05, 0) is 29.8 Å². The number of nitrogens with one attached hydrogen (secondary N) is 3. The van der Waals surface area contributed by atoms with E-state index in [0.29, 0.717) is 16.4 Å². The van der Waals surface area contributed by atoms with E-state index >= 15 is 0 Å². The minimum atomic E-state index is -0.747. The fourth-order valence-electron chi connectivity index (χ4n) is 3.13. The lowest BCUT2D eigenvalue weighted by atomic mass is 9.95. The van der Waals surface area contributed by atoms with Crippen LogP contribution in [-0.4, -0.2) is 34.8 Å². The predicted molar refractivity (Wildman–Crippen MR) is 107 cm³/mol. The Hall–Kier alpha value is -3.33. The molecule has 2 amide bonds. The number of methoxy groups -OCH3 is 1. The molecule has 0 radical (unpaired) electrons. The van der Waals surface area contributed by atoms with Crippen molar-refractivity contribution in [2.45, 2.75) is 11.2 Å². The van der Waals surface area contributed by atoms with Crippen LogP contribution in [0.2, 0.25) is 0 Å². The van der Waals surface area contributed by atoms with Gasteiger partial charge in [0, 0.05) is 11.4 Å². The highest BCUT2D eigenvalue weighted by atomic mass is 32.2. The zero-order valence-electron chi connectivity index (χ0n) is 15.4. The number of amides is 2. The molecule has 3 aromatic rings. The van der Waals surface area contributed by atoms with Crippen molar-refractivity contribution < 1.29 is 18.7 Å². The lowest BCUT2D eigenvalue weighted by Crippen LogP contribution is -2.46. The molecule has 0 saturated heterocycles. The van der Waals surface area contributed by atoms with Gasteiger partial charge in [0.1, 0.15) is 5.82 Å². The maximum absolute atomic E-state index is 13.3. The van der Waals surface area contributed by atoms with Gasteiger partial charge in [-0.25, -0.2) is 19.0 Å². The molecule has 0 unspecified atom stereocenters. The number of esters is 1. The number of hydrogen-bond donors (Lipinski definition) is 3. The van der Waals surface area contributed by atoms with Crippen LogP contribution in [0.3, 0.4) is 0 Å². The summed E-state index contributed by atoms with van der Waals surface area (Å²) in [6, 6.07) is 12.0. The first-order valence-electron chi connectivity index (χ1n) is 8.77. The van der Waals surface area contributed by atoms with Crippen LogP contribution >= 0.6 is 11.8 Å². The molecule has 0 spiro atoms. The third-order valence-electron chi connectivity index (χ3n) is 4.48. The number of rotatable bonds is 5. The number of ether oxygens (including phenoxy) is 1. The number of urea groups is 1. The average molecular weight is 412 g/mol. The van der Waals surface area contributed by atoms with Crippen molar-refractivity contribution in [2.24, 2.45) is 0 Å². The number of fused-ring (bicyclic) bond motifs is 1. The Labute approximate surface area is 169 Å². The quantitative estimate of drug-likeness (QED) is 0.442. The predicted octanol–water partition coefficient (Wildman–Crippen LogP) is 3.28. The van der Waals surface area contributed by atoms with Gasteiger partial charge in [-0.15, -0.1) is 0 Å². The number of carbonyl (C=O) groups is 2. The molecule has 0 fully saturated rings. The van der Waals surface area contributed by atoms with E-state index < -0.39 is 23.9 Å². The summed E-state index contributed by atoms with van der Waals surface area (Å²) >= 11 is 1.35. The van der Waals surface area contributed by atoms with E-state index in [9.17, 15) is 14.0 Å². The molecule has 7 nitrogen and oxygen atoms in total. The molecular formula is C20H17FN4O3S. The summed E-state index contributed by atoms with van der Waals surface area (Å²) in [6.07, 6.45) is 0. The Kier molecular flexibility index (Phi) is 5.22. The van der Waals surface area contributed by atoms with Crippen LogP contribution in [0.5, 0.6) is 0 Å². The first kappa shape index (κ1) is 19.0. The van der Waals surface area contributed by atoms with Gasteiger partial charge in [0.05, 0.1) is 29.8 Å². The summed E-state index contributed by atoms with van der Waals surface area (Å²) < 4.78 is 18.2. The van der Waals surface area contributed by atoms with Gasteiger partial charge in [0.25, 0.3) is 0 Å². The highest BCUT2D eigenvalue weighted by Crippen LogP contribution is 2.30. The Morgan fingerprint density at radius 1 is 1.21 bits per heavy atom. The van der Waals surface area contributed by atoms with Crippen LogP contribution < -0.4 is 10.6 Å². The molecule has 0 bridgehead atoms. The second-order valence-corrected chi connectivity index (χ2v) is 7.28. The van der Waals surface area contributed by atoms with Gasteiger partial charge >= 0.3 is 12.0 Å². The molecule has 4 rings (SSSR count). The smallest absolute Gasteiger partial charge is 0.338 e. The lowest BCUT2D eigenvalue weighted by molar-refractivity contribution is -0.136. The van der Waals surface area contributed by atoms with Crippen molar-refractivity contribution in [1.82, 2.24) is 20.6 Å². The van der Waals surface area contributed by atoms with Crippen LogP contribution in [0.15, 0.2) is 65.0 Å². The molecule has 0 saturated carbocycles. The zero-order chi connectivity index (χ0) is 20.4. The first-order chi connectivity index (χ1) is 14.0. The fraction of sp³-hybridized carbons (Fsp3) is 0.150. The van der Waals surface area contributed by atoms with Crippen molar-refractivity contribution in [3.05, 3.63) is 71.2 Å². The maximum atomic E-state index is 13.3. The zero-order valence-corrected chi connectivity index (χ0v) is 16.2. The number of imidazole rings is 1. The SMILES string of the molecule is COC(=O)C1=C(CSc2nc3ccccc3[nH]2)NC(=O)N[C@H]1c1ccc(F)cc1. The van der Waals surface area contributed by atoms with Crippen molar-refractivity contribution in [3.63, 3.8) is 0 Å². The summed E-state index contributed by atoms with van der Waals surface area (Å²) in [5, 5.41) is 6.05. The molecule has 1 aliphatic rings. The molecule has 2 aromatic carbocycles. The Morgan fingerprint density at radius 2 is 1.97 bits per heavy atom. The molecule has 1 aliphatic heterocycles. The molecule has 1 atom stereocenters. The van der Waals surface area contributed by atoms with Gasteiger partial charge in [-0.2, -0.15) is 0 Å². The van der Waals surface area contributed by atoms with E-state index in [1.807, 2.05) is 24.3 Å². The average Bonchev–Trinajstić information content (AvgIpc) is 3.15. The second kappa shape index (κ2) is 7.96. The Morgan fingerprint density at radius 3 is 2.69 bits per heavy atom. The van der Waals surface area contributed by atoms with E-state index in [4.69, 9.17) is 4.74 Å². The summed E-state index contributed by atoms with van der Waals surface area (Å²) in [4.78, 5) is 32.4. The summed E-state index contributed by atoms with van der Waals surface area (Å²) in [7, 11) is 1.28. The molecule has 0 aliphatic carbocycles. The number of nitrogens with zero attached hydrogens (tertiary/aromatic N) is 1. The van der Waals surface area contributed by atoms with E-state index in [2.05, 4.69) is 20.6 Å². The minimum absolute atomic E-state index is 0.266. The number of para-hydroxylation sites is 2. The first-order valence-corrected chi connectivity index (χ1v) is 9.75. The van der Waals surface area contributed by atoms with Crippen molar-refractivity contribution in [3.8, 4) is 0 Å². The van der Waals surface area contributed by atoms with Crippen LogP contribution in [-0.2, 0) is 9.53 Å².